The number of anilines is 1. The van der Waals surface area contributed by atoms with Crippen LogP contribution >= 0.6 is 24.2 Å². The fraction of sp³-hybridized carbons (Fsp3) is 0.562. The Hall–Kier alpha value is -0.920. The highest BCUT2D eigenvalue weighted by Gasteiger charge is 2.32. The molecule has 0 bridgehead atoms. The molecular formula is C16H22ClF3N2OS. The summed E-state index contributed by atoms with van der Waals surface area (Å²) in [5.74, 6) is -1.11. The molecule has 136 valence electrons. The van der Waals surface area contributed by atoms with Crippen LogP contribution in [0.15, 0.2) is 23.1 Å². The van der Waals surface area contributed by atoms with E-state index < -0.39 is 11.9 Å². The van der Waals surface area contributed by atoms with Gasteiger partial charge in [-0.05, 0) is 49.9 Å². The molecule has 8 heteroatoms. The number of carbonyl (C=O) groups is 1. The highest BCUT2D eigenvalue weighted by atomic mass is 35.5. The Labute approximate surface area is 150 Å². The van der Waals surface area contributed by atoms with Crippen LogP contribution < -0.4 is 11.1 Å². The molecule has 0 aromatic heterocycles. The lowest BCUT2D eigenvalue weighted by Gasteiger charge is -2.19. The Bertz CT molecular complexity index is 569. The van der Waals surface area contributed by atoms with E-state index in [1.54, 1.807) is 18.2 Å². The Morgan fingerprint density at radius 2 is 2.08 bits per heavy atom. The number of halogens is 4. The minimum Gasteiger partial charge on any atom is -0.330 e. The van der Waals surface area contributed by atoms with Crippen molar-refractivity contribution in [2.75, 3.05) is 17.6 Å². The zero-order valence-electron chi connectivity index (χ0n) is 13.4. The smallest absolute Gasteiger partial charge is 0.330 e. The van der Waals surface area contributed by atoms with Crippen LogP contribution in [0.3, 0.4) is 0 Å². The first-order valence-electron chi connectivity index (χ1n) is 7.61. The fourth-order valence-corrected chi connectivity index (χ4v) is 3.67. The standard InChI is InChI=1S/C16H21F3N2OS.ClH/c1-10-5-6-14(23-9-16(17,18)19)13(7-10)21-15(22)12-4-2-3-11(12)8-20;/h5-7,11-12H,2-4,8-9,20H2,1H3,(H,21,22);1H/t11-,12-;/m1./s1. The lowest BCUT2D eigenvalue weighted by atomic mass is 9.95. The maximum Gasteiger partial charge on any atom is 0.398 e. The monoisotopic (exact) mass is 382 g/mol. The third-order valence-corrected chi connectivity index (χ3v) is 5.22. The number of aryl methyl sites for hydroxylation is 1. The number of amides is 1. The number of hydrogen-bond acceptors (Lipinski definition) is 3. The van der Waals surface area contributed by atoms with Crippen molar-refractivity contribution in [2.24, 2.45) is 17.6 Å². The highest BCUT2D eigenvalue weighted by molar-refractivity contribution is 7.99. The van der Waals surface area contributed by atoms with Gasteiger partial charge in [-0.1, -0.05) is 12.5 Å². The van der Waals surface area contributed by atoms with Crippen molar-refractivity contribution in [3.63, 3.8) is 0 Å². The summed E-state index contributed by atoms with van der Waals surface area (Å²) in [4.78, 5) is 12.9. The van der Waals surface area contributed by atoms with Crippen LogP contribution in [0.25, 0.3) is 0 Å². The Balaban J connectivity index is 0.00000288. The molecule has 0 unspecified atom stereocenters. The van der Waals surface area contributed by atoms with Gasteiger partial charge in [0.25, 0.3) is 0 Å². The van der Waals surface area contributed by atoms with Gasteiger partial charge in [0.05, 0.1) is 11.4 Å². The van der Waals surface area contributed by atoms with Crippen molar-refractivity contribution in [3.05, 3.63) is 23.8 Å². The fourth-order valence-electron chi connectivity index (χ4n) is 2.92. The summed E-state index contributed by atoms with van der Waals surface area (Å²) < 4.78 is 37.3. The molecule has 2 rings (SSSR count). The summed E-state index contributed by atoms with van der Waals surface area (Å²) in [6.45, 7) is 2.30. The molecule has 1 aromatic rings. The molecule has 1 fully saturated rings. The lowest BCUT2D eigenvalue weighted by Crippen LogP contribution is -2.30. The Morgan fingerprint density at radius 3 is 2.71 bits per heavy atom. The number of rotatable bonds is 5. The van der Waals surface area contributed by atoms with Gasteiger partial charge in [-0.25, -0.2) is 0 Å². The maximum atomic E-state index is 12.5. The first kappa shape index (κ1) is 21.1. The molecule has 0 spiro atoms. The molecule has 3 N–H and O–H groups in total. The van der Waals surface area contributed by atoms with Gasteiger partial charge in [-0.15, -0.1) is 24.2 Å². The van der Waals surface area contributed by atoms with E-state index in [4.69, 9.17) is 5.73 Å². The summed E-state index contributed by atoms with van der Waals surface area (Å²) in [5.41, 5.74) is 7.03. The number of nitrogens with two attached hydrogens (primary N) is 1. The van der Waals surface area contributed by atoms with Gasteiger partial charge >= 0.3 is 6.18 Å². The zero-order chi connectivity index (χ0) is 17.0. The maximum absolute atomic E-state index is 12.5. The number of carbonyl (C=O) groups excluding carboxylic acids is 1. The average molecular weight is 383 g/mol. The molecule has 1 aliphatic rings. The molecule has 1 amide bonds. The van der Waals surface area contributed by atoms with E-state index in [1.807, 2.05) is 6.92 Å². The summed E-state index contributed by atoms with van der Waals surface area (Å²) in [7, 11) is 0. The van der Waals surface area contributed by atoms with E-state index >= 15 is 0 Å². The molecular weight excluding hydrogens is 361 g/mol. The van der Waals surface area contributed by atoms with Crippen LogP contribution in [0, 0.1) is 18.8 Å². The molecule has 2 atom stereocenters. The average Bonchev–Trinajstić information content (AvgIpc) is 2.94. The number of hydrogen-bond donors (Lipinski definition) is 2. The number of benzene rings is 1. The Morgan fingerprint density at radius 1 is 1.38 bits per heavy atom. The van der Waals surface area contributed by atoms with Gasteiger partial charge in [0, 0.05) is 10.8 Å². The summed E-state index contributed by atoms with van der Waals surface area (Å²) in [5, 5.41) is 2.81. The van der Waals surface area contributed by atoms with Gasteiger partial charge in [0.2, 0.25) is 5.91 Å². The second-order valence-electron chi connectivity index (χ2n) is 5.93. The highest BCUT2D eigenvalue weighted by Crippen LogP contribution is 2.35. The topological polar surface area (TPSA) is 55.1 Å². The summed E-state index contributed by atoms with van der Waals surface area (Å²) >= 11 is 0.689. The molecule has 3 nitrogen and oxygen atoms in total. The van der Waals surface area contributed by atoms with Crippen molar-refractivity contribution in [1.82, 2.24) is 0 Å². The third-order valence-electron chi connectivity index (χ3n) is 4.08. The first-order valence-corrected chi connectivity index (χ1v) is 8.60. The Kier molecular flexibility index (Phi) is 7.89. The number of thioether (sulfide) groups is 1. The van der Waals surface area contributed by atoms with Crippen LogP contribution in [-0.4, -0.2) is 24.4 Å². The largest absolute Gasteiger partial charge is 0.398 e. The van der Waals surface area contributed by atoms with Gasteiger partial charge in [0.1, 0.15) is 0 Å². The van der Waals surface area contributed by atoms with Crippen molar-refractivity contribution >= 4 is 35.8 Å². The zero-order valence-corrected chi connectivity index (χ0v) is 15.0. The van der Waals surface area contributed by atoms with E-state index in [1.165, 1.54) is 0 Å². The second-order valence-corrected chi connectivity index (χ2v) is 6.94. The SMILES string of the molecule is Cc1ccc(SCC(F)(F)F)c(NC(=O)[C@@H]2CCC[C@@H]2CN)c1.Cl. The van der Waals surface area contributed by atoms with Crippen molar-refractivity contribution in [2.45, 2.75) is 37.3 Å². The lowest BCUT2D eigenvalue weighted by molar-refractivity contribution is -0.120. The van der Waals surface area contributed by atoms with Crippen LogP contribution in [0.4, 0.5) is 18.9 Å². The molecule has 1 saturated carbocycles. The summed E-state index contributed by atoms with van der Waals surface area (Å²) in [6.07, 6.45) is -1.57. The minimum absolute atomic E-state index is 0. The number of alkyl halides is 3. The van der Waals surface area contributed by atoms with Crippen LogP contribution in [0.5, 0.6) is 0 Å². The van der Waals surface area contributed by atoms with E-state index in [2.05, 4.69) is 5.32 Å². The van der Waals surface area contributed by atoms with Gasteiger partial charge in [-0.2, -0.15) is 13.2 Å². The van der Waals surface area contributed by atoms with Crippen molar-refractivity contribution < 1.29 is 18.0 Å². The quantitative estimate of drug-likeness (QED) is 0.743. The number of nitrogens with one attached hydrogen (secondary N) is 1. The van der Waals surface area contributed by atoms with E-state index in [0.717, 1.165) is 24.8 Å². The van der Waals surface area contributed by atoms with Crippen LogP contribution in [-0.2, 0) is 4.79 Å². The van der Waals surface area contributed by atoms with Gasteiger partial charge < -0.3 is 11.1 Å². The van der Waals surface area contributed by atoms with Crippen LogP contribution in [0.1, 0.15) is 24.8 Å². The molecule has 0 radical (unpaired) electrons. The summed E-state index contributed by atoms with van der Waals surface area (Å²) in [6, 6.07) is 5.08. The van der Waals surface area contributed by atoms with Crippen molar-refractivity contribution in [3.8, 4) is 0 Å². The van der Waals surface area contributed by atoms with Crippen molar-refractivity contribution in [1.29, 1.82) is 0 Å². The predicted octanol–water partition coefficient (Wildman–Crippen LogP) is 4.38. The molecule has 0 heterocycles. The minimum atomic E-state index is -4.24. The van der Waals surface area contributed by atoms with E-state index in [-0.39, 0.29) is 30.2 Å². The molecule has 0 aliphatic heterocycles. The van der Waals surface area contributed by atoms with Crippen LogP contribution in [0.2, 0.25) is 0 Å². The normalized spacial score (nSPS) is 20.5. The molecule has 24 heavy (non-hydrogen) atoms. The molecule has 1 aromatic carbocycles. The molecule has 1 aliphatic carbocycles. The van der Waals surface area contributed by atoms with E-state index in [9.17, 15) is 18.0 Å². The first-order chi connectivity index (χ1) is 10.8. The van der Waals surface area contributed by atoms with Gasteiger partial charge in [0.15, 0.2) is 0 Å². The molecule has 0 saturated heterocycles. The predicted molar refractivity (Wildman–Crippen MR) is 93.7 cm³/mol. The third kappa shape index (κ3) is 5.86. The second kappa shape index (κ2) is 8.97. The van der Waals surface area contributed by atoms with E-state index in [0.29, 0.717) is 28.9 Å². The van der Waals surface area contributed by atoms with Gasteiger partial charge in [-0.3, -0.25) is 4.79 Å².